The minimum atomic E-state index is -0.605. The topological polar surface area (TPSA) is 104 Å². The average molecular weight is 363 g/mol. The predicted molar refractivity (Wildman–Crippen MR) is 96.5 cm³/mol. The molecule has 0 amide bonds. The minimum Gasteiger partial charge on any atom is -0.298 e. The molecule has 3 aromatic rings. The summed E-state index contributed by atoms with van der Waals surface area (Å²) in [6.45, 7) is 0. The lowest BCUT2D eigenvalue weighted by atomic mass is 9.95. The van der Waals surface area contributed by atoms with Gasteiger partial charge in [0.2, 0.25) is 0 Å². The fourth-order valence-electron chi connectivity index (χ4n) is 4.42. The molecule has 0 N–H and O–H groups in total. The largest absolute Gasteiger partial charge is 0.298 e. The molecular formula is C19H17N5O3. The zero-order chi connectivity index (χ0) is 18.5. The first-order valence-corrected chi connectivity index (χ1v) is 9.11. The number of nitrogens with zero attached hydrogens (tertiary/aromatic N) is 5. The van der Waals surface area contributed by atoms with Gasteiger partial charge >= 0.3 is 0 Å². The lowest BCUT2D eigenvalue weighted by Gasteiger charge is -2.13. The van der Waals surface area contributed by atoms with E-state index >= 15 is 0 Å². The molecule has 2 heterocycles. The Morgan fingerprint density at radius 1 is 1.19 bits per heavy atom. The summed E-state index contributed by atoms with van der Waals surface area (Å²) in [5, 5.41) is 16.5. The number of carbonyl (C=O) groups is 1. The summed E-state index contributed by atoms with van der Waals surface area (Å²) in [7, 11) is 0. The van der Waals surface area contributed by atoms with Crippen LogP contribution in [0, 0.1) is 10.1 Å². The highest BCUT2D eigenvalue weighted by atomic mass is 16.6. The maximum Gasteiger partial charge on any atom is 0.269 e. The van der Waals surface area contributed by atoms with Crippen LogP contribution in [0.15, 0.2) is 30.7 Å². The summed E-state index contributed by atoms with van der Waals surface area (Å²) in [5.41, 5.74) is 2.81. The Morgan fingerprint density at radius 3 is 2.78 bits per heavy atom. The van der Waals surface area contributed by atoms with E-state index < -0.39 is 10.8 Å². The molecule has 0 spiro atoms. The van der Waals surface area contributed by atoms with E-state index in [-0.39, 0.29) is 17.9 Å². The quantitative estimate of drug-likeness (QED) is 0.523. The number of aromatic nitrogens is 4. The summed E-state index contributed by atoms with van der Waals surface area (Å²) in [6, 6.07) is 4.95. The molecule has 27 heavy (non-hydrogen) atoms. The Morgan fingerprint density at radius 2 is 2.00 bits per heavy atom. The number of benzene rings is 1. The van der Waals surface area contributed by atoms with Crippen LogP contribution in [0.3, 0.4) is 0 Å². The second kappa shape index (κ2) is 5.94. The molecule has 2 aromatic heterocycles. The third-order valence-corrected chi connectivity index (χ3v) is 5.70. The molecule has 1 saturated carbocycles. The highest BCUT2D eigenvalue weighted by Gasteiger charge is 2.36. The smallest absolute Gasteiger partial charge is 0.269 e. The van der Waals surface area contributed by atoms with Crippen LogP contribution in [-0.4, -0.2) is 30.5 Å². The van der Waals surface area contributed by atoms with Crippen molar-refractivity contribution in [1.29, 1.82) is 0 Å². The molecule has 0 aliphatic heterocycles. The summed E-state index contributed by atoms with van der Waals surface area (Å²) < 4.78 is 1.95. The molecule has 2 aliphatic rings. The average Bonchev–Trinajstić information content (AvgIpc) is 3.38. The minimum absolute atomic E-state index is 0.000820. The maximum absolute atomic E-state index is 12.8. The number of non-ortho nitro benzene ring substituents is 1. The first-order chi connectivity index (χ1) is 13.1. The molecule has 0 radical (unpaired) electrons. The third kappa shape index (κ3) is 2.43. The Kier molecular flexibility index (Phi) is 3.53. The van der Waals surface area contributed by atoms with Crippen molar-refractivity contribution < 1.29 is 9.72 Å². The standard InChI is InChI=1S/C19H17N5O3/c25-16-7-11-5-6-13(24(26)27)8-14(11)17(16)18-15-9-22-23(12-3-1-2-4-12)19(15)21-10-20-18/h5-6,8-10,12,17H,1-4,7H2. The zero-order valence-electron chi connectivity index (χ0n) is 14.5. The number of ketones is 1. The van der Waals surface area contributed by atoms with Crippen molar-refractivity contribution >= 4 is 22.5 Å². The van der Waals surface area contributed by atoms with Gasteiger partial charge in [-0.1, -0.05) is 18.9 Å². The number of carbonyl (C=O) groups excluding carboxylic acids is 1. The molecule has 1 aromatic carbocycles. The summed E-state index contributed by atoms with van der Waals surface area (Å²) in [6.07, 6.45) is 7.98. The molecule has 8 nitrogen and oxygen atoms in total. The molecule has 0 bridgehead atoms. The normalized spacial score (nSPS) is 19.7. The van der Waals surface area contributed by atoms with Gasteiger partial charge in [0.05, 0.1) is 34.2 Å². The van der Waals surface area contributed by atoms with Gasteiger partial charge in [-0.3, -0.25) is 14.9 Å². The van der Waals surface area contributed by atoms with Gasteiger partial charge in [0.15, 0.2) is 11.4 Å². The van der Waals surface area contributed by atoms with Crippen LogP contribution in [0.25, 0.3) is 11.0 Å². The van der Waals surface area contributed by atoms with E-state index in [1.165, 1.54) is 31.3 Å². The molecule has 2 aliphatic carbocycles. The lowest BCUT2D eigenvalue weighted by Crippen LogP contribution is -2.12. The van der Waals surface area contributed by atoms with Gasteiger partial charge in [-0.2, -0.15) is 5.10 Å². The monoisotopic (exact) mass is 363 g/mol. The van der Waals surface area contributed by atoms with E-state index in [4.69, 9.17) is 0 Å². The molecule has 1 unspecified atom stereocenters. The van der Waals surface area contributed by atoms with Gasteiger partial charge in [-0.25, -0.2) is 14.6 Å². The number of hydrogen-bond acceptors (Lipinski definition) is 6. The maximum atomic E-state index is 12.8. The van der Waals surface area contributed by atoms with Crippen molar-refractivity contribution in [2.24, 2.45) is 0 Å². The van der Waals surface area contributed by atoms with Crippen molar-refractivity contribution in [1.82, 2.24) is 19.7 Å². The Labute approximate surface area is 154 Å². The highest BCUT2D eigenvalue weighted by molar-refractivity contribution is 5.98. The fraction of sp³-hybridized carbons (Fsp3) is 0.368. The van der Waals surface area contributed by atoms with Crippen LogP contribution < -0.4 is 0 Å². The van der Waals surface area contributed by atoms with E-state index in [2.05, 4.69) is 15.1 Å². The number of nitro benzene ring substituents is 1. The molecule has 1 fully saturated rings. The SMILES string of the molecule is O=C1Cc2ccc([N+](=O)[O-])cc2C1c1ncnc2c1cnn2C1CCCC1. The van der Waals surface area contributed by atoms with Crippen molar-refractivity contribution in [3.05, 3.63) is 57.7 Å². The Bertz CT molecular complexity index is 1080. The van der Waals surface area contributed by atoms with Crippen LogP contribution in [-0.2, 0) is 11.2 Å². The number of hydrogen-bond donors (Lipinski definition) is 0. The summed E-state index contributed by atoms with van der Waals surface area (Å²) in [4.78, 5) is 32.3. The van der Waals surface area contributed by atoms with Gasteiger partial charge < -0.3 is 0 Å². The van der Waals surface area contributed by atoms with E-state index in [0.29, 0.717) is 17.3 Å². The first-order valence-electron chi connectivity index (χ1n) is 9.11. The summed E-state index contributed by atoms with van der Waals surface area (Å²) in [5.74, 6) is -0.606. The lowest BCUT2D eigenvalue weighted by molar-refractivity contribution is -0.384. The number of fused-ring (bicyclic) bond motifs is 2. The molecular weight excluding hydrogens is 346 g/mol. The van der Waals surface area contributed by atoms with Gasteiger partial charge in [0, 0.05) is 18.6 Å². The zero-order valence-corrected chi connectivity index (χ0v) is 14.5. The Balaban J connectivity index is 1.65. The van der Waals surface area contributed by atoms with E-state index in [0.717, 1.165) is 29.4 Å². The third-order valence-electron chi connectivity index (χ3n) is 5.70. The fourth-order valence-corrected chi connectivity index (χ4v) is 4.42. The van der Waals surface area contributed by atoms with Crippen LogP contribution in [0.5, 0.6) is 0 Å². The molecule has 136 valence electrons. The van der Waals surface area contributed by atoms with Crippen molar-refractivity contribution in [3.63, 3.8) is 0 Å². The Hall–Kier alpha value is -3.16. The van der Waals surface area contributed by atoms with Crippen LogP contribution >= 0.6 is 0 Å². The second-order valence-corrected chi connectivity index (χ2v) is 7.24. The van der Waals surface area contributed by atoms with Crippen LogP contribution in [0.2, 0.25) is 0 Å². The number of nitro groups is 1. The van der Waals surface area contributed by atoms with E-state index in [9.17, 15) is 14.9 Å². The predicted octanol–water partition coefficient (Wildman–Crippen LogP) is 3.11. The molecule has 5 rings (SSSR count). The highest BCUT2D eigenvalue weighted by Crippen LogP contribution is 2.39. The van der Waals surface area contributed by atoms with Crippen molar-refractivity contribution in [2.45, 2.75) is 44.1 Å². The second-order valence-electron chi connectivity index (χ2n) is 7.24. The first kappa shape index (κ1) is 16.0. The number of rotatable bonds is 3. The van der Waals surface area contributed by atoms with Crippen molar-refractivity contribution in [2.75, 3.05) is 0 Å². The summed E-state index contributed by atoms with van der Waals surface area (Å²) >= 11 is 0. The van der Waals surface area contributed by atoms with Gasteiger partial charge in [-0.15, -0.1) is 0 Å². The van der Waals surface area contributed by atoms with Crippen molar-refractivity contribution in [3.8, 4) is 0 Å². The molecule has 8 heteroatoms. The van der Waals surface area contributed by atoms with Gasteiger partial charge in [-0.05, 0) is 24.0 Å². The van der Waals surface area contributed by atoms with E-state index in [1.54, 1.807) is 12.3 Å². The van der Waals surface area contributed by atoms with E-state index in [1.807, 2.05) is 4.68 Å². The van der Waals surface area contributed by atoms with Crippen LogP contribution in [0.4, 0.5) is 5.69 Å². The van der Waals surface area contributed by atoms with Gasteiger partial charge in [0.25, 0.3) is 5.69 Å². The molecule has 0 saturated heterocycles. The van der Waals surface area contributed by atoms with Gasteiger partial charge in [0.1, 0.15) is 6.33 Å². The van der Waals surface area contributed by atoms with Crippen LogP contribution in [0.1, 0.15) is 54.5 Å². The number of Topliss-reactive ketones (excluding diaryl/α,β-unsaturated/α-hetero) is 1. The molecule has 1 atom stereocenters.